The molecule has 5 heteroatoms. The highest BCUT2D eigenvalue weighted by molar-refractivity contribution is 5.91. The Morgan fingerprint density at radius 1 is 1.00 bits per heavy atom. The average molecular weight is 328 g/mol. The summed E-state index contributed by atoms with van der Waals surface area (Å²) in [5.74, 6) is 1.38. The van der Waals surface area contributed by atoms with Gasteiger partial charge in [-0.15, -0.1) is 0 Å². The minimum absolute atomic E-state index is 0.0278. The maximum Gasteiger partial charge on any atom is 0.226 e. The lowest BCUT2D eigenvalue weighted by atomic mass is 10.1. The molecule has 0 unspecified atom stereocenters. The maximum atomic E-state index is 12.1. The number of nitrogens with one attached hydrogen (secondary N) is 2. The summed E-state index contributed by atoms with van der Waals surface area (Å²) in [7, 11) is 3.21. The summed E-state index contributed by atoms with van der Waals surface area (Å²) < 4.78 is 10.5. The summed E-state index contributed by atoms with van der Waals surface area (Å²) in [5, 5.41) is 6.14. The first kappa shape index (κ1) is 17.7. The molecule has 0 spiro atoms. The topological polar surface area (TPSA) is 59.6 Å². The molecule has 1 amide bonds. The van der Waals surface area contributed by atoms with Crippen molar-refractivity contribution in [1.29, 1.82) is 0 Å². The number of aryl methyl sites for hydroxylation is 2. The monoisotopic (exact) mass is 328 g/mol. The molecule has 0 aromatic heterocycles. The highest BCUT2D eigenvalue weighted by Crippen LogP contribution is 2.28. The van der Waals surface area contributed by atoms with Crippen LogP contribution in [0.3, 0.4) is 0 Å². The van der Waals surface area contributed by atoms with Crippen molar-refractivity contribution in [1.82, 2.24) is 0 Å². The lowest BCUT2D eigenvalue weighted by Gasteiger charge is -2.12. The van der Waals surface area contributed by atoms with Gasteiger partial charge in [0.2, 0.25) is 5.91 Å². The van der Waals surface area contributed by atoms with Gasteiger partial charge in [-0.2, -0.15) is 0 Å². The van der Waals surface area contributed by atoms with Crippen LogP contribution < -0.4 is 20.1 Å². The third-order valence-corrected chi connectivity index (χ3v) is 3.58. The van der Waals surface area contributed by atoms with Crippen molar-refractivity contribution < 1.29 is 14.3 Å². The van der Waals surface area contributed by atoms with Crippen LogP contribution in [0.4, 0.5) is 11.4 Å². The van der Waals surface area contributed by atoms with Crippen molar-refractivity contribution in [2.75, 3.05) is 31.4 Å². The zero-order valence-electron chi connectivity index (χ0n) is 14.6. The number of anilines is 2. The molecule has 0 aliphatic rings. The lowest BCUT2D eigenvalue weighted by molar-refractivity contribution is -0.115. The first-order valence-electron chi connectivity index (χ1n) is 7.86. The third-order valence-electron chi connectivity index (χ3n) is 3.58. The van der Waals surface area contributed by atoms with Crippen molar-refractivity contribution in [2.24, 2.45) is 0 Å². The molecule has 0 heterocycles. The minimum atomic E-state index is -0.0278. The molecule has 0 saturated heterocycles. The second kappa shape index (κ2) is 8.24. The van der Waals surface area contributed by atoms with Gasteiger partial charge in [-0.25, -0.2) is 0 Å². The molecule has 2 N–H and O–H groups in total. The van der Waals surface area contributed by atoms with Crippen LogP contribution in [0, 0.1) is 13.8 Å². The predicted octanol–water partition coefficient (Wildman–Crippen LogP) is 3.76. The summed E-state index contributed by atoms with van der Waals surface area (Å²) >= 11 is 0. The number of hydrogen-bond acceptors (Lipinski definition) is 4. The van der Waals surface area contributed by atoms with Crippen molar-refractivity contribution >= 4 is 17.3 Å². The Balaban J connectivity index is 1.88. The summed E-state index contributed by atoms with van der Waals surface area (Å²) in [6.07, 6.45) is 0.363. The van der Waals surface area contributed by atoms with E-state index in [0.717, 1.165) is 28.3 Å². The Kier molecular flexibility index (Phi) is 6.07. The van der Waals surface area contributed by atoms with Crippen LogP contribution in [-0.2, 0) is 4.79 Å². The van der Waals surface area contributed by atoms with E-state index in [4.69, 9.17) is 9.47 Å². The van der Waals surface area contributed by atoms with Crippen molar-refractivity contribution in [3.8, 4) is 11.5 Å². The summed E-state index contributed by atoms with van der Waals surface area (Å²) in [4.78, 5) is 12.1. The van der Waals surface area contributed by atoms with Crippen LogP contribution in [-0.4, -0.2) is 26.7 Å². The molecule has 0 fully saturated rings. The molecule has 0 atom stereocenters. The van der Waals surface area contributed by atoms with Crippen LogP contribution in [0.2, 0.25) is 0 Å². The number of carbonyl (C=O) groups is 1. The molecule has 2 aromatic rings. The highest BCUT2D eigenvalue weighted by atomic mass is 16.5. The Morgan fingerprint density at radius 3 is 2.33 bits per heavy atom. The molecular weight excluding hydrogens is 304 g/mol. The quantitative estimate of drug-likeness (QED) is 0.812. The van der Waals surface area contributed by atoms with Crippen molar-refractivity contribution in [2.45, 2.75) is 20.3 Å². The van der Waals surface area contributed by atoms with Crippen LogP contribution in [0.15, 0.2) is 36.4 Å². The van der Waals surface area contributed by atoms with E-state index in [1.807, 2.05) is 38.1 Å². The van der Waals surface area contributed by atoms with Crippen molar-refractivity contribution in [3.63, 3.8) is 0 Å². The van der Waals surface area contributed by atoms with Gasteiger partial charge in [-0.05, 0) is 49.2 Å². The van der Waals surface area contributed by atoms with Crippen molar-refractivity contribution in [3.05, 3.63) is 47.5 Å². The SMILES string of the molecule is COc1ccc(NCCC(=O)Nc2cc(C)cc(C)c2)c(OC)c1. The van der Waals surface area contributed by atoms with E-state index in [0.29, 0.717) is 18.7 Å². The second-order valence-corrected chi connectivity index (χ2v) is 5.67. The largest absolute Gasteiger partial charge is 0.497 e. The van der Waals surface area contributed by atoms with Crippen LogP contribution in [0.1, 0.15) is 17.5 Å². The minimum Gasteiger partial charge on any atom is -0.497 e. The molecule has 0 aliphatic heterocycles. The number of ether oxygens (including phenoxy) is 2. The van der Waals surface area contributed by atoms with E-state index < -0.39 is 0 Å². The van der Waals surface area contributed by atoms with Gasteiger partial charge in [0.05, 0.1) is 19.9 Å². The molecule has 24 heavy (non-hydrogen) atoms. The van der Waals surface area contributed by atoms with Gasteiger partial charge in [0.15, 0.2) is 0 Å². The Bertz CT molecular complexity index is 694. The molecule has 128 valence electrons. The summed E-state index contributed by atoms with van der Waals surface area (Å²) in [6.45, 7) is 4.54. The van der Waals surface area contributed by atoms with Crippen LogP contribution in [0.25, 0.3) is 0 Å². The zero-order chi connectivity index (χ0) is 17.5. The standard InChI is InChI=1S/C19H24N2O3/c1-13-9-14(2)11-15(10-13)21-19(22)7-8-20-17-6-5-16(23-3)12-18(17)24-4/h5-6,9-12,20H,7-8H2,1-4H3,(H,21,22). The van der Waals surface area contributed by atoms with E-state index in [-0.39, 0.29) is 5.91 Å². The summed E-state index contributed by atoms with van der Waals surface area (Å²) in [5.41, 5.74) is 3.93. The fourth-order valence-electron chi connectivity index (χ4n) is 2.53. The number of amides is 1. The molecular formula is C19H24N2O3. The summed E-state index contributed by atoms with van der Waals surface area (Å²) in [6, 6.07) is 11.5. The van der Waals surface area contributed by atoms with Gasteiger partial charge in [0.25, 0.3) is 0 Å². The third kappa shape index (κ3) is 4.91. The number of carbonyl (C=O) groups excluding carboxylic acids is 1. The van der Waals surface area contributed by atoms with E-state index in [2.05, 4.69) is 16.7 Å². The van der Waals surface area contributed by atoms with E-state index in [1.54, 1.807) is 20.3 Å². The first-order valence-corrected chi connectivity index (χ1v) is 7.86. The molecule has 0 bridgehead atoms. The van der Waals surface area contributed by atoms with E-state index >= 15 is 0 Å². The Hall–Kier alpha value is -2.69. The van der Waals surface area contributed by atoms with Crippen LogP contribution in [0.5, 0.6) is 11.5 Å². The van der Waals surface area contributed by atoms with Gasteiger partial charge in [0, 0.05) is 24.7 Å². The molecule has 5 nitrogen and oxygen atoms in total. The Labute approximate surface area is 143 Å². The van der Waals surface area contributed by atoms with Gasteiger partial charge >= 0.3 is 0 Å². The van der Waals surface area contributed by atoms with E-state index in [9.17, 15) is 4.79 Å². The van der Waals surface area contributed by atoms with Gasteiger partial charge < -0.3 is 20.1 Å². The second-order valence-electron chi connectivity index (χ2n) is 5.67. The number of rotatable bonds is 7. The maximum absolute atomic E-state index is 12.1. The number of hydrogen-bond donors (Lipinski definition) is 2. The molecule has 2 aromatic carbocycles. The average Bonchev–Trinajstić information content (AvgIpc) is 2.54. The van der Waals surface area contributed by atoms with Crippen LogP contribution >= 0.6 is 0 Å². The fourth-order valence-corrected chi connectivity index (χ4v) is 2.53. The van der Waals surface area contributed by atoms with Gasteiger partial charge in [-0.3, -0.25) is 4.79 Å². The normalized spacial score (nSPS) is 10.2. The number of benzene rings is 2. The van der Waals surface area contributed by atoms with E-state index in [1.165, 1.54) is 0 Å². The number of methoxy groups -OCH3 is 2. The predicted molar refractivity (Wildman–Crippen MR) is 97.2 cm³/mol. The molecule has 0 aliphatic carbocycles. The molecule has 0 radical (unpaired) electrons. The van der Waals surface area contributed by atoms with Gasteiger partial charge in [0.1, 0.15) is 11.5 Å². The smallest absolute Gasteiger partial charge is 0.226 e. The lowest BCUT2D eigenvalue weighted by Crippen LogP contribution is -2.16. The zero-order valence-corrected chi connectivity index (χ0v) is 14.6. The molecule has 0 saturated carbocycles. The highest BCUT2D eigenvalue weighted by Gasteiger charge is 2.07. The Morgan fingerprint density at radius 2 is 1.71 bits per heavy atom. The van der Waals surface area contributed by atoms with Gasteiger partial charge in [-0.1, -0.05) is 6.07 Å². The fraction of sp³-hybridized carbons (Fsp3) is 0.316. The first-order chi connectivity index (χ1) is 11.5. The molecule has 2 rings (SSSR count).